The third-order valence-electron chi connectivity index (χ3n) is 3.71. The van der Waals surface area contributed by atoms with Gasteiger partial charge in [-0.2, -0.15) is 0 Å². The molecular formula is C18H20O7. The number of cyclic esters (lactones) is 1. The Labute approximate surface area is 145 Å². The summed E-state index contributed by atoms with van der Waals surface area (Å²) >= 11 is 0. The van der Waals surface area contributed by atoms with Crippen LogP contribution in [0.1, 0.15) is 25.0 Å². The van der Waals surface area contributed by atoms with Crippen molar-refractivity contribution in [2.24, 2.45) is 0 Å². The highest BCUT2D eigenvalue weighted by atomic mass is 16.6. The number of ether oxygens (including phenoxy) is 3. The van der Waals surface area contributed by atoms with Gasteiger partial charge in [0.2, 0.25) is 6.10 Å². The number of aliphatic hydroxyl groups excluding tert-OH is 1. The maximum absolute atomic E-state index is 12.4. The lowest BCUT2D eigenvalue weighted by Crippen LogP contribution is -2.54. The van der Waals surface area contributed by atoms with Gasteiger partial charge in [-0.25, -0.2) is 14.4 Å². The minimum atomic E-state index is -2.26. The lowest BCUT2D eigenvalue weighted by Gasteiger charge is -2.27. The summed E-state index contributed by atoms with van der Waals surface area (Å²) in [6.45, 7) is 4.98. The lowest BCUT2D eigenvalue weighted by atomic mass is 9.93. The van der Waals surface area contributed by atoms with Gasteiger partial charge in [0, 0.05) is 0 Å². The molecule has 1 N–H and O–H groups in total. The van der Waals surface area contributed by atoms with Crippen LogP contribution >= 0.6 is 0 Å². The van der Waals surface area contributed by atoms with Crippen LogP contribution in [0.2, 0.25) is 0 Å². The normalized spacial score (nSPS) is 20.5. The van der Waals surface area contributed by atoms with E-state index in [4.69, 9.17) is 14.2 Å². The number of aliphatic hydroxyl groups is 1. The summed E-state index contributed by atoms with van der Waals surface area (Å²) in [5.74, 6) is -2.95. The summed E-state index contributed by atoms with van der Waals surface area (Å²) in [7, 11) is 0. The first-order valence-electron chi connectivity index (χ1n) is 7.90. The molecule has 1 aliphatic rings. The number of benzene rings is 1. The third kappa shape index (κ3) is 3.56. The maximum atomic E-state index is 12.4. The standard InChI is InChI=1S/C18H20O7/c1-4-23-16(21)14(19)18(17(22)24-5-2)10-13(15(20)25-18)12-8-6-11(3)7-9-12/h6-10,14,19H,4-5H2,1-3H3. The van der Waals surface area contributed by atoms with E-state index in [-0.39, 0.29) is 18.8 Å². The van der Waals surface area contributed by atoms with Crippen molar-refractivity contribution in [3.63, 3.8) is 0 Å². The molecule has 0 aliphatic carbocycles. The molecule has 0 radical (unpaired) electrons. The van der Waals surface area contributed by atoms with Gasteiger partial charge in [-0.1, -0.05) is 29.8 Å². The molecule has 25 heavy (non-hydrogen) atoms. The molecule has 1 aromatic rings. The summed E-state index contributed by atoms with van der Waals surface area (Å²) in [4.78, 5) is 36.6. The molecule has 0 aromatic heterocycles. The van der Waals surface area contributed by atoms with Gasteiger partial charge in [0.05, 0.1) is 18.8 Å². The smallest absolute Gasteiger partial charge is 0.358 e. The van der Waals surface area contributed by atoms with Crippen LogP contribution in [-0.2, 0) is 28.6 Å². The summed E-state index contributed by atoms with van der Waals surface area (Å²) < 4.78 is 14.8. The van der Waals surface area contributed by atoms with Crippen LogP contribution in [0, 0.1) is 6.92 Å². The molecule has 7 nitrogen and oxygen atoms in total. The summed E-state index contributed by atoms with van der Waals surface area (Å²) in [5, 5.41) is 10.3. The first-order valence-corrected chi connectivity index (χ1v) is 7.90. The topological polar surface area (TPSA) is 99.1 Å². The Bertz CT molecular complexity index is 705. The molecule has 0 saturated carbocycles. The average Bonchev–Trinajstić information content (AvgIpc) is 2.94. The number of hydrogen-bond donors (Lipinski definition) is 1. The lowest BCUT2D eigenvalue weighted by molar-refractivity contribution is -0.190. The zero-order valence-corrected chi connectivity index (χ0v) is 14.3. The van der Waals surface area contributed by atoms with Crippen molar-refractivity contribution in [1.82, 2.24) is 0 Å². The molecule has 134 valence electrons. The molecular weight excluding hydrogens is 328 g/mol. The second kappa shape index (κ2) is 7.48. The second-order valence-electron chi connectivity index (χ2n) is 5.48. The fourth-order valence-corrected chi connectivity index (χ4v) is 2.43. The molecule has 1 aliphatic heterocycles. The van der Waals surface area contributed by atoms with E-state index < -0.39 is 29.6 Å². The molecule has 7 heteroatoms. The van der Waals surface area contributed by atoms with Gasteiger partial charge >= 0.3 is 17.9 Å². The van der Waals surface area contributed by atoms with Crippen LogP contribution in [0.3, 0.4) is 0 Å². The van der Waals surface area contributed by atoms with Crippen molar-refractivity contribution in [2.75, 3.05) is 13.2 Å². The highest BCUT2D eigenvalue weighted by Gasteiger charge is 2.57. The summed E-state index contributed by atoms with van der Waals surface area (Å²) in [6.07, 6.45) is -0.905. The van der Waals surface area contributed by atoms with Gasteiger partial charge in [0.25, 0.3) is 5.60 Å². The van der Waals surface area contributed by atoms with Gasteiger partial charge in [-0.15, -0.1) is 0 Å². The van der Waals surface area contributed by atoms with E-state index in [1.165, 1.54) is 0 Å². The zero-order valence-electron chi connectivity index (χ0n) is 14.3. The Morgan fingerprint density at radius 3 is 2.32 bits per heavy atom. The Balaban J connectivity index is 2.49. The predicted octanol–water partition coefficient (Wildman–Crippen LogP) is 1.16. The van der Waals surface area contributed by atoms with Gasteiger partial charge in [-0.05, 0) is 32.4 Å². The van der Waals surface area contributed by atoms with Gasteiger partial charge < -0.3 is 19.3 Å². The molecule has 0 bridgehead atoms. The predicted molar refractivity (Wildman–Crippen MR) is 87.3 cm³/mol. The fourth-order valence-electron chi connectivity index (χ4n) is 2.43. The van der Waals surface area contributed by atoms with Crippen LogP contribution in [0.4, 0.5) is 0 Å². The van der Waals surface area contributed by atoms with Crippen LogP contribution in [0.15, 0.2) is 30.3 Å². The van der Waals surface area contributed by atoms with E-state index in [9.17, 15) is 19.5 Å². The molecule has 0 fully saturated rings. The monoisotopic (exact) mass is 348 g/mol. The first kappa shape index (κ1) is 18.7. The zero-order chi connectivity index (χ0) is 18.6. The van der Waals surface area contributed by atoms with Crippen molar-refractivity contribution in [3.05, 3.63) is 41.5 Å². The molecule has 0 saturated heterocycles. The highest BCUT2D eigenvalue weighted by molar-refractivity contribution is 6.21. The number of hydrogen-bond acceptors (Lipinski definition) is 7. The van der Waals surface area contributed by atoms with Crippen molar-refractivity contribution >= 4 is 23.5 Å². The molecule has 0 spiro atoms. The number of carbonyl (C=O) groups is 3. The van der Waals surface area contributed by atoms with Crippen LogP contribution < -0.4 is 0 Å². The van der Waals surface area contributed by atoms with Crippen molar-refractivity contribution < 1.29 is 33.7 Å². The van der Waals surface area contributed by atoms with Crippen molar-refractivity contribution in [1.29, 1.82) is 0 Å². The Kier molecular flexibility index (Phi) is 5.58. The van der Waals surface area contributed by atoms with E-state index >= 15 is 0 Å². The van der Waals surface area contributed by atoms with Crippen LogP contribution in [0.25, 0.3) is 5.57 Å². The Morgan fingerprint density at radius 2 is 1.76 bits per heavy atom. The van der Waals surface area contributed by atoms with E-state index in [0.717, 1.165) is 11.6 Å². The SMILES string of the molecule is CCOC(=O)C(O)C1(C(=O)OCC)C=C(c2ccc(C)cc2)C(=O)O1. The van der Waals surface area contributed by atoms with Crippen LogP contribution in [0.5, 0.6) is 0 Å². The molecule has 0 amide bonds. The maximum Gasteiger partial charge on any atom is 0.358 e. The third-order valence-corrected chi connectivity index (χ3v) is 3.71. The number of esters is 3. The van der Waals surface area contributed by atoms with Gasteiger partial charge in [-0.3, -0.25) is 0 Å². The minimum absolute atomic E-state index is 0.00270. The van der Waals surface area contributed by atoms with E-state index in [0.29, 0.717) is 5.56 Å². The van der Waals surface area contributed by atoms with Crippen molar-refractivity contribution in [3.8, 4) is 0 Å². The summed E-state index contributed by atoms with van der Waals surface area (Å²) in [5.41, 5.74) is -0.715. The minimum Gasteiger partial charge on any atom is -0.464 e. The average molecular weight is 348 g/mol. The second-order valence-corrected chi connectivity index (χ2v) is 5.48. The molecule has 2 rings (SSSR count). The fraction of sp³-hybridized carbons (Fsp3) is 0.389. The Hall–Kier alpha value is -2.67. The molecule has 2 atom stereocenters. The van der Waals surface area contributed by atoms with Crippen LogP contribution in [-0.4, -0.2) is 47.9 Å². The summed E-state index contributed by atoms with van der Waals surface area (Å²) in [6, 6.07) is 6.94. The molecule has 1 aromatic carbocycles. The van der Waals surface area contributed by atoms with Gasteiger partial charge in [0.15, 0.2) is 0 Å². The quantitative estimate of drug-likeness (QED) is 0.608. The van der Waals surface area contributed by atoms with E-state index in [2.05, 4.69) is 0 Å². The highest BCUT2D eigenvalue weighted by Crippen LogP contribution is 2.35. The molecule has 2 unspecified atom stereocenters. The Morgan fingerprint density at radius 1 is 1.16 bits per heavy atom. The molecule has 1 heterocycles. The largest absolute Gasteiger partial charge is 0.464 e. The first-order chi connectivity index (χ1) is 11.9. The van der Waals surface area contributed by atoms with E-state index in [1.54, 1.807) is 38.1 Å². The number of aryl methyl sites for hydroxylation is 1. The number of rotatable bonds is 6. The number of carbonyl (C=O) groups excluding carboxylic acids is 3. The van der Waals surface area contributed by atoms with Crippen molar-refractivity contribution in [2.45, 2.75) is 32.5 Å². The van der Waals surface area contributed by atoms with Gasteiger partial charge in [0.1, 0.15) is 0 Å². The van der Waals surface area contributed by atoms with E-state index in [1.807, 2.05) is 6.92 Å².